The lowest BCUT2D eigenvalue weighted by molar-refractivity contribution is -0.138. The Hall–Kier alpha value is -1.38. The van der Waals surface area contributed by atoms with Crippen LogP contribution in [0.2, 0.25) is 0 Å². The summed E-state index contributed by atoms with van der Waals surface area (Å²) in [5, 5.41) is 0. The van der Waals surface area contributed by atoms with Gasteiger partial charge in [-0.1, -0.05) is 18.2 Å². The van der Waals surface area contributed by atoms with Gasteiger partial charge in [0.05, 0.1) is 11.8 Å². The Kier molecular flexibility index (Phi) is 2.02. The van der Waals surface area contributed by atoms with Gasteiger partial charge in [-0.2, -0.15) is 0 Å². The number of carbonyl (C=O) groups excluding carboxylic acids is 2. The molecule has 0 bridgehead atoms. The molecule has 3 heteroatoms. The highest BCUT2D eigenvalue weighted by Crippen LogP contribution is 2.38. The van der Waals surface area contributed by atoms with E-state index in [1.165, 1.54) is 4.90 Å². The van der Waals surface area contributed by atoms with Crippen molar-refractivity contribution >= 4 is 11.8 Å². The molecular formula is C11H13NO2. The Bertz CT molecular complexity index is 332. The highest BCUT2D eigenvalue weighted by molar-refractivity contribution is 6.05. The molecule has 3 unspecified atom stereocenters. The number of hydrogen-bond acceptors (Lipinski definition) is 2. The number of nitrogens with zero attached hydrogens (tertiary/aromatic N) is 1. The standard InChI is InChI=1S/C11H13NO2/c1-3-7-5-4-6-8-9(7)11(14)12(2)10(8)13/h3-5,7-9H,1,6H2,2H3. The van der Waals surface area contributed by atoms with E-state index in [1.807, 2.05) is 12.2 Å². The molecule has 0 aromatic carbocycles. The van der Waals surface area contributed by atoms with E-state index >= 15 is 0 Å². The Labute approximate surface area is 83.1 Å². The second-order valence-electron chi connectivity index (χ2n) is 3.84. The first-order valence-corrected chi connectivity index (χ1v) is 4.77. The third-order valence-electron chi connectivity index (χ3n) is 3.13. The first-order chi connectivity index (χ1) is 6.66. The molecule has 0 aromatic heterocycles. The van der Waals surface area contributed by atoms with E-state index in [2.05, 4.69) is 6.58 Å². The molecule has 3 atom stereocenters. The van der Waals surface area contributed by atoms with Gasteiger partial charge < -0.3 is 0 Å². The highest BCUT2D eigenvalue weighted by Gasteiger charge is 2.48. The van der Waals surface area contributed by atoms with Gasteiger partial charge >= 0.3 is 0 Å². The van der Waals surface area contributed by atoms with Crippen LogP contribution in [0.3, 0.4) is 0 Å². The van der Waals surface area contributed by atoms with E-state index in [4.69, 9.17) is 0 Å². The fraction of sp³-hybridized carbons (Fsp3) is 0.455. The van der Waals surface area contributed by atoms with Crippen LogP contribution in [0, 0.1) is 17.8 Å². The third kappa shape index (κ3) is 1.05. The fourth-order valence-corrected chi connectivity index (χ4v) is 2.31. The molecule has 0 spiro atoms. The minimum Gasteiger partial charge on any atom is -0.285 e. The Balaban J connectivity index is 2.38. The third-order valence-corrected chi connectivity index (χ3v) is 3.13. The maximum Gasteiger partial charge on any atom is 0.233 e. The summed E-state index contributed by atoms with van der Waals surface area (Å²) in [6.45, 7) is 3.70. The summed E-state index contributed by atoms with van der Waals surface area (Å²) in [4.78, 5) is 24.6. The molecule has 1 fully saturated rings. The number of amides is 2. The van der Waals surface area contributed by atoms with Crippen LogP contribution >= 0.6 is 0 Å². The van der Waals surface area contributed by atoms with Gasteiger partial charge in [-0.3, -0.25) is 14.5 Å². The molecule has 3 nitrogen and oxygen atoms in total. The highest BCUT2D eigenvalue weighted by atomic mass is 16.2. The van der Waals surface area contributed by atoms with E-state index in [9.17, 15) is 9.59 Å². The van der Waals surface area contributed by atoms with Crippen LogP contribution in [0.1, 0.15) is 6.42 Å². The van der Waals surface area contributed by atoms with Crippen molar-refractivity contribution in [2.75, 3.05) is 7.05 Å². The monoisotopic (exact) mass is 191 g/mol. The van der Waals surface area contributed by atoms with E-state index in [0.29, 0.717) is 6.42 Å². The number of carbonyl (C=O) groups is 2. The van der Waals surface area contributed by atoms with Gasteiger partial charge in [0.2, 0.25) is 11.8 Å². The Morgan fingerprint density at radius 2 is 2.21 bits per heavy atom. The maximum absolute atomic E-state index is 11.7. The van der Waals surface area contributed by atoms with Crippen LogP contribution in [0.4, 0.5) is 0 Å². The smallest absolute Gasteiger partial charge is 0.233 e. The Morgan fingerprint density at radius 1 is 1.50 bits per heavy atom. The molecule has 1 heterocycles. The predicted molar refractivity (Wildman–Crippen MR) is 52.2 cm³/mol. The van der Waals surface area contributed by atoms with E-state index in [-0.39, 0.29) is 29.6 Å². The minimum absolute atomic E-state index is 0.0233. The largest absolute Gasteiger partial charge is 0.285 e. The zero-order valence-corrected chi connectivity index (χ0v) is 8.14. The summed E-state index contributed by atoms with van der Waals surface area (Å²) in [6, 6.07) is 0. The molecule has 0 aromatic rings. The lowest BCUT2D eigenvalue weighted by Crippen LogP contribution is -2.28. The molecule has 2 amide bonds. The average Bonchev–Trinajstić information content (AvgIpc) is 2.44. The number of allylic oxidation sites excluding steroid dienone is 3. The van der Waals surface area contributed by atoms with Crippen molar-refractivity contribution in [2.45, 2.75) is 6.42 Å². The van der Waals surface area contributed by atoms with Gasteiger partial charge in [-0.15, -0.1) is 6.58 Å². The summed E-state index contributed by atoms with van der Waals surface area (Å²) >= 11 is 0. The van der Waals surface area contributed by atoms with Crippen LogP contribution in [0.15, 0.2) is 24.8 Å². The minimum atomic E-state index is -0.199. The summed E-state index contributed by atoms with van der Waals surface area (Å²) in [6.07, 6.45) is 6.37. The van der Waals surface area contributed by atoms with E-state index in [0.717, 1.165) is 0 Å². The van der Waals surface area contributed by atoms with Gasteiger partial charge in [0.15, 0.2) is 0 Å². The molecule has 14 heavy (non-hydrogen) atoms. The predicted octanol–water partition coefficient (Wildman–Crippen LogP) is 0.980. The first-order valence-electron chi connectivity index (χ1n) is 4.77. The zero-order chi connectivity index (χ0) is 10.3. The summed E-state index contributed by atoms with van der Waals surface area (Å²) in [5.41, 5.74) is 0. The van der Waals surface area contributed by atoms with Gasteiger partial charge in [0, 0.05) is 13.0 Å². The van der Waals surface area contributed by atoms with Gasteiger partial charge in [-0.05, 0) is 6.42 Å². The van der Waals surface area contributed by atoms with Crippen molar-refractivity contribution < 1.29 is 9.59 Å². The number of fused-ring (bicyclic) bond motifs is 1. The molecule has 74 valence electrons. The van der Waals surface area contributed by atoms with Crippen LogP contribution in [-0.2, 0) is 9.59 Å². The molecule has 2 rings (SSSR count). The number of rotatable bonds is 1. The quantitative estimate of drug-likeness (QED) is 0.457. The lowest BCUT2D eigenvalue weighted by atomic mass is 9.77. The van der Waals surface area contributed by atoms with Crippen molar-refractivity contribution in [1.82, 2.24) is 4.90 Å². The second-order valence-corrected chi connectivity index (χ2v) is 3.84. The summed E-state index contributed by atoms with van der Waals surface area (Å²) < 4.78 is 0. The van der Waals surface area contributed by atoms with Gasteiger partial charge in [-0.25, -0.2) is 0 Å². The fourth-order valence-electron chi connectivity index (χ4n) is 2.31. The van der Waals surface area contributed by atoms with Crippen molar-refractivity contribution in [3.8, 4) is 0 Å². The molecule has 1 saturated heterocycles. The number of imide groups is 1. The van der Waals surface area contributed by atoms with E-state index in [1.54, 1.807) is 13.1 Å². The van der Waals surface area contributed by atoms with Crippen molar-refractivity contribution in [3.63, 3.8) is 0 Å². The van der Waals surface area contributed by atoms with E-state index < -0.39 is 0 Å². The normalized spacial score (nSPS) is 36.1. The van der Waals surface area contributed by atoms with Crippen LogP contribution in [-0.4, -0.2) is 23.8 Å². The summed E-state index contributed by atoms with van der Waals surface area (Å²) in [7, 11) is 1.56. The molecule has 0 N–H and O–H groups in total. The average molecular weight is 191 g/mol. The van der Waals surface area contributed by atoms with Gasteiger partial charge in [0.1, 0.15) is 0 Å². The van der Waals surface area contributed by atoms with Crippen molar-refractivity contribution in [2.24, 2.45) is 17.8 Å². The topological polar surface area (TPSA) is 37.4 Å². The van der Waals surface area contributed by atoms with Crippen LogP contribution < -0.4 is 0 Å². The van der Waals surface area contributed by atoms with Crippen LogP contribution in [0.25, 0.3) is 0 Å². The van der Waals surface area contributed by atoms with Crippen molar-refractivity contribution in [3.05, 3.63) is 24.8 Å². The lowest BCUT2D eigenvalue weighted by Gasteiger charge is -2.22. The van der Waals surface area contributed by atoms with Crippen LogP contribution in [0.5, 0.6) is 0 Å². The Morgan fingerprint density at radius 3 is 2.86 bits per heavy atom. The molecule has 2 aliphatic rings. The molecule has 0 saturated carbocycles. The maximum atomic E-state index is 11.7. The zero-order valence-electron chi connectivity index (χ0n) is 8.14. The molecular weight excluding hydrogens is 178 g/mol. The summed E-state index contributed by atoms with van der Waals surface area (Å²) in [5.74, 6) is -0.434. The second kappa shape index (κ2) is 3.08. The SMILES string of the molecule is C=CC1C=CCC2C(=O)N(C)C(=O)C12. The molecule has 1 aliphatic carbocycles. The molecule has 1 aliphatic heterocycles. The van der Waals surface area contributed by atoms with Crippen molar-refractivity contribution in [1.29, 1.82) is 0 Å². The first kappa shape index (κ1) is 9.19. The molecule has 0 radical (unpaired) electrons. The van der Waals surface area contributed by atoms with Gasteiger partial charge in [0.25, 0.3) is 0 Å². The number of likely N-dealkylation sites (tertiary alicyclic amines) is 1. The number of hydrogen-bond donors (Lipinski definition) is 0.